The summed E-state index contributed by atoms with van der Waals surface area (Å²) >= 11 is 0. The summed E-state index contributed by atoms with van der Waals surface area (Å²) < 4.78 is 21.5. The van der Waals surface area contributed by atoms with Crippen LogP contribution in [0.15, 0.2) is 12.3 Å². The molecule has 2 rings (SSSR count). The summed E-state index contributed by atoms with van der Waals surface area (Å²) in [6.07, 6.45) is -11.6. The number of methoxy groups -OCH3 is 1. The van der Waals surface area contributed by atoms with Crippen LogP contribution in [-0.4, -0.2) is 106 Å². The van der Waals surface area contributed by atoms with E-state index in [1.807, 2.05) is 0 Å². The van der Waals surface area contributed by atoms with E-state index >= 15 is 0 Å². The van der Waals surface area contributed by atoms with Gasteiger partial charge in [-0.3, -0.25) is 0 Å². The molecule has 2 heterocycles. The smallest absolute Gasteiger partial charge is 0.335 e. The molecular formula is C17H29NO10. The van der Waals surface area contributed by atoms with Crippen LogP contribution in [0, 0.1) is 0 Å². The second-order valence-corrected chi connectivity index (χ2v) is 7.05. The quantitative estimate of drug-likeness (QED) is 0.265. The zero-order valence-electron chi connectivity index (χ0n) is 16.0. The first kappa shape index (κ1) is 23.0. The molecule has 6 N–H and O–H groups in total. The maximum absolute atomic E-state index is 11.5. The molecule has 0 radical (unpaired) electrons. The van der Waals surface area contributed by atoms with Crippen LogP contribution in [0.4, 0.5) is 0 Å². The highest BCUT2D eigenvalue weighted by Crippen LogP contribution is 2.30. The summed E-state index contributed by atoms with van der Waals surface area (Å²) in [5, 5.41) is 52.9. The lowest BCUT2D eigenvalue weighted by molar-refractivity contribution is -0.327. The number of rotatable bonds is 7. The van der Waals surface area contributed by atoms with E-state index in [2.05, 4.69) is 11.9 Å². The predicted molar refractivity (Wildman–Crippen MR) is 93.1 cm³/mol. The molecule has 2 aliphatic heterocycles. The van der Waals surface area contributed by atoms with Gasteiger partial charge in [-0.25, -0.2) is 4.79 Å². The van der Waals surface area contributed by atoms with E-state index in [0.717, 1.165) is 0 Å². The molecule has 0 saturated carbocycles. The normalized spacial score (nSPS) is 44.1. The number of hydrogen-bond acceptors (Lipinski definition) is 10. The number of hydrogen-bond donors (Lipinski definition) is 6. The molecule has 11 heteroatoms. The van der Waals surface area contributed by atoms with Crippen molar-refractivity contribution in [3.63, 3.8) is 0 Å². The van der Waals surface area contributed by atoms with Crippen LogP contribution >= 0.6 is 0 Å². The fourth-order valence-electron chi connectivity index (χ4n) is 3.50. The van der Waals surface area contributed by atoms with Crippen LogP contribution in [0.5, 0.6) is 0 Å². The fourth-order valence-corrected chi connectivity index (χ4v) is 3.50. The van der Waals surface area contributed by atoms with Gasteiger partial charge in [-0.05, 0) is 13.8 Å². The van der Waals surface area contributed by atoms with Gasteiger partial charge in [0.1, 0.15) is 36.6 Å². The van der Waals surface area contributed by atoms with E-state index < -0.39 is 73.7 Å². The standard InChI is InChI=1S/C17H29NO10/c1-6(2)18-9-7(3)26-8(5-19)10(20)13(9)27-17-12(22)11(21)14(25-4)15(28-17)16(23)24/h7-15,17-22H,1,5H2,2-4H3,(H,23,24)/t7-,8-,9+,10?,11+,12-,13-,14?,15+,17-/m0/s1. The molecular weight excluding hydrogens is 378 g/mol. The summed E-state index contributed by atoms with van der Waals surface area (Å²) in [6.45, 7) is 6.65. The van der Waals surface area contributed by atoms with Gasteiger partial charge in [-0.2, -0.15) is 0 Å². The Morgan fingerprint density at radius 2 is 1.79 bits per heavy atom. The molecule has 11 nitrogen and oxygen atoms in total. The minimum Gasteiger partial charge on any atom is -0.479 e. The highest BCUT2D eigenvalue weighted by atomic mass is 16.7. The van der Waals surface area contributed by atoms with Crippen molar-refractivity contribution in [1.82, 2.24) is 5.32 Å². The SMILES string of the molecule is C=C(C)N[C@@H]1[C@H](C)O[C@@H](CO)C(O)[C@H]1O[C@H]1O[C@@H](C(=O)O)C(OC)[C@H](O)[C@@H]1O. The zero-order valence-corrected chi connectivity index (χ0v) is 16.0. The molecule has 0 aliphatic carbocycles. The minimum absolute atomic E-state index is 0.481. The number of carboxylic acids is 1. The first-order chi connectivity index (χ1) is 13.1. The van der Waals surface area contributed by atoms with Gasteiger partial charge in [-0.15, -0.1) is 0 Å². The highest BCUT2D eigenvalue weighted by molar-refractivity contribution is 5.73. The molecule has 0 aromatic heterocycles. The Morgan fingerprint density at radius 3 is 2.29 bits per heavy atom. The average Bonchev–Trinajstić information content (AvgIpc) is 2.63. The monoisotopic (exact) mass is 407 g/mol. The topological polar surface area (TPSA) is 167 Å². The minimum atomic E-state index is -1.64. The van der Waals surface area contributed by atoms with Crippen molar-refractivity contribution in [1.29, 1.82) is 0 Å². The first-order valence-corrected chi connectivity index (χ1v) is 8.91. The van der Waals surface area contributed by atoms with Gasteiger partial charge in [0.2, 0.25) is 0 Å². The van der Waals surface area contributed by atoms with E-state index in [1.54, 1.807) is 13.8 Å². The molecule has 0 aromatic carbocycles. The Kier molecular flexibility index (Phi) is 7.76. The third-order valence-electron chi connectivity index (χ3n) is 4.91. The lowest BCUT2D eigenvalue weighted by Crippen LogP contribution is -2.67. The van der Waals surface area contributed by atoms with Crippen LogP contribution in [0.1, 0.15) is 13.8 Å². The maximum atomic E-state index is 11.5. The fraction of sp³-hybridized carbons (Fsp3) is 0.824. The molecule has 2 aliphatic rings. The van der Waals surface area contributed by atoms with Gasteiger partial charge in [0.05, 0.1) is 18.8 Å². The predicted octanol–water partition coefficient (Wildman–Crippen LogP) is -2.45. The average molecular weight is 407 g/mol. The van der Waals surface area contributed by atoms with Crippen molar-refractivity contribution in [2.75, 3.05) is 13.7 Å². The second-order valence-electron chi connectivity index (χ2n) is 7.05. The Hall–Kier alpha value is -1.31. The highest BCUT2D eigenvalue weighted by Gasteiger charge is 2.52. The molecule has 2 saturated heterocycles. The summed E-state index contributed by atoms with van der Waals surface area (Å²) in [4.78, 5) is 11.5. The second kappa shape index (κ2) is 9.46. The van der Waals surface area contributed by atoms with Crippen molar-refractivity contribution in [2.45, 2.75) is 75.0 Å². The number of nitrogens with one attached hydrogen (secondary N) is 1. The molecule has 0 aromatic rings. The van der Waals surface area contributed by atoms with Gasteiger partial charge in [-0.1, -0.05) is 6.58 Å². The van der Waals surface area contributed by atoms with E-state index in [4.69, 9.17) is 18.9 Å². The van der Waals surface area contributed by atoms with E-state index in [9.17, 15) is 30.3 Å². The molecule has 2 fully saturated rings. The Morgan fingerprint density at radius 1 is 1.14 bits per heavy atom. The molecule has 0 amide bonds. The van der Waals surface area contributed by atoms with Gasteiger partial charge in [0.25, 0.3) is 0 Å². The number of aliphatic hydroxyl groups is 4. The van der Waals surface area contributed by atoms with Crippen LogP contribution in [0.2, 0.25) is 0 Å². The van der Waals surface area contributed by atoms with Crippen molar-refractivity contribution in [3.05, 3.63) is 12.3 Å². The molecule has 28 heavy (non-hydrogen) atoms. The van der Waals surface area contributed by atoms with Crippen molar-refractivity contribution >= 4 is 5.97 Å². The lowest BCUT2D eigenvalue weighted by atomic mass is 9.92. The summed E-state index contributed by atoms with van der Waals surface area (Å²) in [7, 11) is 1.18. The van der Waals surface area contributed by atoms with Gasteiger partial charge < -0.3 is 49.8 Å². The van der Waals surface area contributed by atoms with Gasteiger partial charge >= 0.3 is 5.97 Å². The number of carbonyl (C=O) groups is 1. The molecule has 2 unspecified atom stereocenters. The van der Waals surface area contributed by atoms with Gasteiger partial charge in [0.15, 0.2) is 12.4 Å². The summed E-state index contributed by atoms with van der Waals surface area (Å²) in [5.74, 6) is -1.41. The third-order valence-corrected chi connectivity index (χ3v) is 4.91. The van der Waals surface area contributed by atoms with E-state index in [-0.39, 0.29) is 0 Å². The summed E-state index contributed by atoms with van der Waals surface area (Å²) in [5.41, 5.74) is 0.553. The number of aliphatic hydroxyl groups excluding tert-OH is 4. The number of aliphatic carboxylic acids is 1. The Bertz CT molecular complexity index is 560. The van der Waals surface area contributed by atoms with Crippen molar-refractivity contribution in [3.8, 4) is 0 Å². The number of allylic oxidation sites excluding steroid dienone is 1. The Balaban J connectivity index is 2.26. The number of ether oxygens (including phenoxy) is 4. The van der Waals surface area contributed by atoms with Crippen molar-refractivity contribution in [2.24, 2.45) is 0 Å². The van der Waals surface area contributed by atoms with Crippen molar-refractivity contribution < 1.29 is 49.3 Å². The zero-order chi connectivity index (χ0) is 21.2. The Labute approximate surface area is 162 Å². The first-order valence-electron chi connectivity index (χ1n) is 8.91. The van der Waals surface area contributed by atoms with Gasteiger partial charge in [0, 0.05) is 12.8 Å². The maximum Gasteiger partial charge on any atom is 0.335 e. The lowest BCUT2D eigenvalue weighted by Gasteiger charge is -2.47. The number of carboxylic acid groups (broad SMARTS) is 1. The van der Waals surface area contributed by atoms with Crippen LogP contribution in [0.3, 0.4) is 0 Å². The molecule has 0 spiro atoms. The largest absolute Gasteiger partial charge is 0.479 e. The van der Waals surface area contributed by atoms with Crippen LogP contribution < -0.4 is 5.32 Å². The van der Waals surface area contributed by atoms with E-state index in [0.29, 0.717) is 5.70 Å². The van der Waals surface area contributed by atoms with Crippen LogP contribution in [0.25, 0.3) is 0 Å². The third kappa shape index (κ3) is 4.63. The van der Waals surface area contributed by atoms with E-state index in [1.165, 1.54) is 7.11 Å². The molecule has 10 atom stereocenters. The molecule has 162 valence electrons. The molecule has 0 bridgehead atoms. The van der Waals surface area contributed by atoms with Crippen LogP contribution in [-0.2, 0) is 23.7 Å². The summed E-state index contributed by atoms with van der Waals surface area (Å²) in [6, 6.07) is -0.647.